The second kappa shape index (κ2) is 4.20. The summed E-state index contributed by atoms with van der Waals surface area (Å²) >= 11 is 1.23. The van der Waals surface area contributed by atoms with E-state index in [0.717, 1.165) is 16.5 Å². The van der Waals surface area contributed by atoms with E-state index in [-0.39, 0.29) is 0 Å². The molecule has 1 aromatic carbocycles. The second-order valence-corrected chi connectivity index (χ2v) is 4.30. The first-order valence-electron chi connectivity index (χ1n) is 5.14. The summed E-state index contributed by atoms with van der Waals surface area (Å²) in [5.41, 5.74) is 2.22. The maximum atomic E-state index is 10.1. The van der Waals surface area contributed by atoms with E-state index in [2.05, 4.69) is 14.6 Å². The Morgan fingerprint density at radius 1 is 1.24 bits per heavy atom. The van der Waals surface area contributed by atoms with E-state index in [1.54, 1.807) is 11.6 Å². The molecule has 3 aromatic rings. The van der Waals surface area contributed by atoms with Crippen molar-refractivity contribution < 1.29 is 5.11 Å². The molecule has 1 unspecified atom stereocenters. The van der Waals surface area contributed by atoms with Crippen molar-refractivity contribution in [3.63, 3.8) is 0 Å². The number of pyridine rings is 1. The van der Waals surface area contributed by atoms with Crippen LogP contribution in [0.4, 0.5) is 0 Å². The zero-order valence-electron chi connectivity index (χ0n) is 8.82. The highest BCUT2D eigenvalue weighted by Gasteiger charge is 2.13. The fraction of sp³-hybridized carbons (Fsp3) is 0.0833. The molecule has 0 saturated heterocycles. The van der Waals surface area contributed by atoms with Crippen LogP contribution in [0.15, 0.2) is 41.9 Å². The quantitative estimate of drug-likeness (QED) is 0.749. The van der Waals surface area contributed by atoms with Crippen LogP contribution >= 0.6 is 11.5 Å². The van der Waals surface area contributed by atoms with E-state index in [1.165, 1.54) is 11.5 Å². The topological polar surface area (TPSA) is 58.9 Å². The Hall–Kier alpha value is -1.85. The third-order valence-electron chi connectivity index (χ3n) is 2.60. The van der Waals surface area contributed by atoms with E-state index in [1.807, 2.05) is 30.3 Å². The molecular weight excluding hydrogens is 234 g/mol. The maximum absolute atomic E-state index is 10.1. The molecule has 5 heteroatoms. The van der Waals surface area contributed by atoms with Crippen LogP contribution in [-0.4, -0.2) is 19.7 Å². The lowest BCUT2D eigenvalue weighted by Crippen LogP contribution is -2.00. The summed E-state index contributed by atoms with van der Waals surface area (Å²) in [7, 11) is 0. The average molecular weight is 243 g/mol. The predicted octanol–water partition coefficient (Wildman–Crippen LogP) is 2.17. The Bertz CT molecular complexity index is 639. The monoisotopic (exact) mass is 243 g/mol. The van der Waals surface area contributed by atoms with E-state index in [0.29, 0.717) is 5.69 Å². The first kappa shape index (κ1) is 10.3. The fourth-order valence-electron chi connectivity index (χ4n) is 1.72. The molecule has 2 aromatic heterocycles. The molecule has 0 aliphatic heterocycles. The van der Waals surface area contributed by atoms with E-state index in [4.69, 9.17) is 0 Å². The summed E-state index contributed by atoms with van der Waals surface area (Å²) in [5, 5.41) is 16.8. The number of nitrogens with zero attached hydrogens (tertiary/aromatic N) is 3. The molecule has 1 atom stereocenters. The van der Waals surface area contributed by atoms with Gasteiger partial charge in [-0.25, -0.2) is 0 Å². The molecule has 0 aliphatic carbocycles. The van der Waals surface area contributed by atoms with Gasteiger partial charge in [0.2, 0.25) is 0 Å². The lowest BCUT2D eigenvalue weighted by atomic mass is 10.1. The van der Waals surface area contributed by atoms with Crippen LogP contribution in [0.1, 0.15) is 17.4 Å². The minimum Gasteiger partial charge on any atom is -0.382 e. The predicted molar refractivity (Wildman–Crippen MR) is 65.7 cm³/mol. The van der Waals surface area contributed by atoms with Crippen LogP contribution < -0.4 is 0 Å². The number of rotatable bonds is 2. The Morgan fingerprint density at radius 2 is 2.18 bits per heavy atom. The summed E-state index contributed by atoms with van der Waals surface area (Å²) < 4.78 is 3.75. The Balaban J connectivity index is 2.06. The van der Waals surface area contributed by atoms with E-state index in [9.17, 15) is 5.11 Å². The van der Waals surface area contributed by atoms with Gasteiger partial charge in [0, 0.05) is 17.0 Å². The van der Waals surface area contributed by atoms with Crippen LogP contribution in [0.25, 0.3) is 10.9 Å². The minimum absolute atomic E-state index is 0.574. The zero-order valence-corrected chi connectivity index (χ0v) is 9.63. The average Bonchev–Trinajstić information content (AvgIpc) is 2.91. The summed E-state index contributed by atoms with van der Waals surface area (Å²) in [6, 6.07) is 9.58. The summed E-state index contributed by atoms with van der Waals surface area (Å²) in [5.74, 6) is 0. The second-order valence-electron chi connectivity index (χ2n) is 3.69. The SMILES string of the molecule is OC(c1ccc2cccnc2c1)c1csnn1. The molecule has 4 nitrogen and oxygen atoms in total. The van der Waals surface area contributed by atoms with Gasteiger partial charge < -0.3 is 5.11 Å². The number of hydrogen-bond acceptors (Lipinski definition) is 5. The summed E-state index contributed by atoms with van der Waals surface area (Å²) in [4.78, 5) is 4.26. The Morgan fingerprint density at radius 3 is 3.00 bits per heavy atom. The van der Waals surface area contributed by atoms with Gasteiger partial charge in [-0.3, -0.25) is 4.98 Å². The van der Waals surface area contributed by atoms with Crippen molar-refractivity contribution in [3.05, 3.63) is 53.2 Å². The van der Waals surface area contributed by atoms with Gasteiger partial charge >= 0.3 is 0 Å². The van der Waals surface area contributed by atoms with Crippen molar-refractivity contribution in [1.82, 2.24) is 14.6 Å². The number of hydrogen-bond donors (Lipinski definition) is 1. The molecule has 0 saturated carbocycles. The van der Waals surface area contributed by atoms with Crippen LogP contribution in [0.3, 0.4) is 0 Å². The third kappa shape index (κ3) is 1.90. The van der Waals surface area contributed by atoms with E-state index < -0.39 is 6.10 Å². The van der Waals surface area contributed by atoms with Gasteiger partial charge in [0.05, 0.1) is 5.52 Å². The van der Waals surface area contributed by atoms with Crippen molar-refractivity contribution in [3.8, 4) is 0 Å². The van der Waals surface area contributed by atoms with Crippen molar-refractivity contribution in [2.75, 3.05) is 0 Å². The molecule has 0 spiro atoms. The molecule has 0 fully saturated rings. The highest BCUT2D eigenvalue weighted by molar-refractivity contribution is 7.03. The summed E-state index contributed by atoms with van der Waals surface area (Å²) in [6.07, 6.45) is 1.00. The summed E-state index contributed by atoms with van der Waals surface area (Å²) in [6.45, 7) is 0. The first-order valence-corrected chi connectivity index (χ1v) is 5.98. The third-order valence-corrected chi connectivity index (χ3v) is 3.13. The maximum Gasteiger partial charge on any atom is 0.124 e. The number of aromatic nitrogens is 3. The molecule has 1 N–H and O–H groups in total. The number of fused-ring (bicyclic) bond motifs is 1. The molecule has 0 aliphatic rings. The van der Waals surface area contributed by atoms with Gasteiger partial charge in [-0.1, -0.05) is 22.7 Å². The van der Waals surface area contributed by atoms with Crippen molar-refractivity contribution in [2.45, 2.75) is 6.10 Å². The van der Waals surface area contributed by atoms with Gasteiger partial charge in [-0.05, 0) is 29.2 Å². The first-order chi connectivity index (χ1) is 8.34. The Kier molecular flexibility index (Phi) is 2.55. The molecule has 84 valence electrons. The normalized spacial score (nSPS) is 12.8. The van der Waals surface area contributed by atoms with Crippen LogP contribution in [0.5, 0.6) is 0 Å². The number of aliphatic hydroxyl groups excluding tert-OH is 1. The molecule has 17 heavy (non-hydrogen) atoms. The highest BCUT2D eigenvalue weighted by atomic mass is 32.1. The van der Waals surface area contributed by atoms with Gasteiger partial charge in [0.15, 0.2) is 0 Å². The minimum atomic E-state index is -0.736. The zero-order chi connectivity index (χ0) is 11.7. The number of aliphatic hydroxyl groups is 1. The molecule has 3 rings (SSSR count). The fourth-order valence-corrected chi connectivity index (χ4v) is 2.19. The van der Waals surface area contributed by atoms with Crippen LogP contribution in [-0.2, 0) is 0 Å². The smallest absolute Gasteiger partial charge is 0.124 e. The molecule has 2 heterocycles. The lowest BCUT2D eigenvalue weighted by molar-refractivity contribution is 0.215. The molecular formula is C12H9N3OS. The molecule has 0 radical (unpaired) electrons. The largest absolute Gasteiger partial charge is 0.382 e. The van der Waals surface area contributed by atoms with E-state index >= 15 is 0 Å². The van der Waals surface area contributed by atoms with Crippen molar-refractivity contribution in [2.24, 2.45) is 0 Å². The highest BCUT2D eigenvalue weighted by Crippen LogP contribution is 2.23. The lowest BCUT2D eigenvalue weighted by Gasteiger charge is -2.08. The van der Waals surface area contributed by atoms with Gasteiger partial charge in [0.25, 0.3) is 0 Å². The Labute approximate surface area is 102 Å². The van der Waals surface area contributed by atoms with Crippen LogP contribution in [0.2, 0.25) is 0 Å². The molecule has 0 bridgehead atoms. The number of benzene rings is 1. The van der Waals surface area contributed by atoms with Gasteiger partial charge in [-0.15, -0.1) is 5.10 Å². The molecule has 0 amide bonds. The van der Waals surface area contributed by atoms with Crippen molar-refractivity contribution in [1.29, 1.82) is 0 Å². The standard InChI is InChI=1S/C12H9N3OS/c16-12(11-7-17-15-14-11)9-4-3-8-2-1-5-13-10(8)6-9/h1-7,12,16H. The van der Waals surface area contributed by atoms with Crippen molar-refractivity contribution >= 4 is 22.4 Å². The van der Waals surface area contributed by atoms with Gasteiger partial charge in [0.1, 0.15) is 11.8 Å². The van der Waals surface area contributed by atoms with Crippen LogP contribution in [0, 0.1) is 0 Å². The van der Waals surface area contributed by atoms with Gasteiger partial charge in [-0.2, -0.15) is 0 Å².